The molecule has 1 aromatic heterocycles. The number of rotatable bonds is 6. The van der Waals surface area contributed by atoms with Crippen molar-refractivity contribution in [3.63, 3.8) is 0 Å². The smallest absolute Gasteiger partial charge is 0.242 e. The Balaban J connectivity index is 1.84. The van der Waals surface area contributed by atoms with Crippen molar-refractivity contribution >= 4 is 17.7 Å². The van der Waals surface area contributed by atoms with Gasteiger partial charge in [-0.05, 0) is 19.4 Å². The Kier molecular flexibility index (Phi) is 5.24. The summed E-state index contributed by atoms with van der Waals surface area (Å²) >= 11 is 0. The van der Waals surface area contributed by atoms with Crippen LogP contribution in [0.4, 0.5) is 11.8 Å². The molecule has 0 bridgehead atoms. The first-order chi connectivity index (χ1) is 11.3. The molecule has 3 heterocycles. The number of nitrogens with zero attached hydrogens (tertiary/aromatic N) is 2. The molecule has 8 nitrogen and oxygen atoms in total. The molecular weight excluding hydrogens is 296 g/mol. The zero-order valence-electron chi connectivity index (χ0n) is 13.4. The van der Waals surface area contributed by atoms with Gasteiger partial charge in [0.05, 0.1) is 12.3 Å². The quantitative estimate of drug-likeness (QED) is 0.526. The van der Waals surface area contributed by atoms with Gasteiger partial charge in [0, 0.05) is 38.7 Å². The molecule has 0 spiro atoms. The van der Waals surface area contributed by atoms with E-state index in [9.17, 15) is 4.79 Å². The first kappa shape index (κ1) is 15.9. The lowest BCUT2D eigenvalue weighted by molar-refractivity contribution is -0.119. The standard InChI is InChI=1S/C15H24N6O2/c1-23-9-8-18-15-20-11-3-6-16-5-2-10(11)13(21-15)19-12-4-7-17-14(12)22/h12,16H,2-9H2,1H3,(H,17,22)(H2,18,19,20,21)/t12-/m0/s1. The zero-order chi connectivity index (χ0) is 16.1. The van der Waals surface area contributed by atoms with Gasteiger partial charge in [-0.3, -0.25) is 4.79 Å². The lowest BCUT2D eigenvalue weighted by atomic mass is 10.1. The van der Waals surface area contributed by atoms with Crippen molar-refractivity contribution in [2.45, 2.75) is 25.3 Å². The third kappa shape index (κ3) is 3.89. The Morgan fingerprint density at radius 2 is 2.13 bits per heavy atom. The van der Waals surface area contributed by atoms with E-state index in [1.165, 1.54) is 0 Å². The maximum atomic E-state index is 11.8. The third-order valence-electron chi connectivity index (χ3n) is 4.13. The van der Waals surface area contributed by atoms with Gasteiger partial charge in [-0.15, -0.1) is 0 Å². The van der Waals surface area contributed by atoms with E-state index in [4.69, 9.17) is 4.74 Å². The van der Waals surface area contributed by atoms with Crippen LogP contribution >= 0.6 is 0 Å². The lowest BCUT2D eigenvalue weighted by Crippen LogP contribution is -2.30. The summed E-state index contributed by atoms with van der Waals surface area (Å²) in [4.78, 5) is 21.1. The molecule has 0 aliphatic carbocycles. The zero-order valence-corrected chi connectivity index (χ0v) is 13.4. The molecule has 0 unspecified atom stereocenters. The van der Waals surface area contributed by atoms with Crippen LogP contribution in [-0.2, 0) is 22.4 Å². The molecule has 0 aromatic carbocycles. The van der Waals surface area contributed by atoms with Gasteiger partial charge in [-0.1, -0.05) is 0 Å². The van der Waals surface area contributed by atoms with Crippen molar-refractivity contribution < 1.29 is 9.53 Å². The SMILES string of the molecule is COCCNc1nc2c(c(N[C@H]3CCNC3=O)n1)CCNCC2. The van der Waals surface area contributed by atoms with Crippen LogP contribution in [0.25, 0.3) is 0 Å². The highest BCUT2D eigenvalue weighted by molar-refractivity contribution is 5.86. The topological polar surface area (TPSA) is 100 Å². The second-order valence-electron chi connectivity index (χ2n) is 5.77. The van der Waals surface area contributed by atoms with Crippen LogP contribution in [0.5, 0.6) is 0 Å². The number of carbonyl (C=O) groups excluding carboxylic acids is 1. The molecule has 0 saturated carbocycles. The number of hydrogen-bond donors (Lipinski definition) is 4. The monoisotopic (exact) mass is 320 g/mol. The maximum absolute atomic E-state index is 11.8. The molecule has 126 valence electrons. The van der Waals surface area contributed by atoms with Gasteiger partial charge in [0.25, 0.3) is 0 Å². The molecule has 1 saturated heterocycles. The fraction of sp³-hybridized carbons (Fsp3) is 0.667. The highest BCUT2D eigenvalue weighted by Gasteiger charge is 2.26. The first-order valence-electron chi connectivity index (χ1n) is 8.15. The van der Waals surface area contributed by atoms with E-state index < -0.39 is 0 Å². The normalized spacial score (nSPS) is 20.6. The molecule has 2 aliphatic rings. The molecule has 1 aromatic rings. The maximum Gasteiger partial charge on any atom is 0.242 e. The van der Waals surface area contributed by atoms with E-state index in [0.717, 1.165) is 49.4 Å². The van der Waals surface area contributed by atoms with Gasteiger partial charge in [0.1, 0.15) is 11.9 Å². The number of hydrogen-bond acceptors (Lipinski definition) is 7. The van der Waals surface area contributed by atoms with Gasteiger partial charge in [0.2, 0.25) is 11.9 Å². The summed E-state index contributed by atoms with van der Waals surface area (Å²) in [6.07, 6.45) is 2.51. The second-order valence-corrected chi connectivity index (χ2v) is 5.77. The highest BCUT2D eigenvalue weighted by atomic mass is 16.5. The number of ether oxygens (including phenoxy) is 1. The fourth-order valence-corrected chi connectivity index (χ4v) is 2.91. The van der Waals surface area contributed by atoms with Crippen molar-refractivity contribution in [1.29, 1.82) is 0 Å². The number of carbonyl (C=O) groups is 1. The van der Waals surface area contributed by atoms with Crippen molar-refractivity contribution in [2.24, 2.45) is 0 Å². The minimum absolute atomic E-state index is 0.0398. The molecular formula is C15H24N6O2. The van der Waals surface area contributed by atoms with Gasteiger partial charge in [-0.25, -0.2) is 4.98 Å². The second kappa shape index (κ2) is 7.56. The highest BCUT2D eigenvalue weighted by Crippen LogP contribution is 2.23. The van der Waals surface area contributed by atoms with Crippen LogP contribution in [0.2, 0.25) is 0 Å². The van der Waals surface area contributed by atoms with E-state index in [0.29, 0.717) is 25.6 Å². The van der Waals surface area contributed by atoms with Gasteiger partial charge in [0.15, 0.2) is 0 Å². The minimum atomic E-state index is -0.211. The number of aromatic nitrogens is 2. The van der Waals surface area contributed by atoms with Crippen molar-refractivity contribution in [3.8, 4) is 0 Å². The average Bonchev–Trinajstić information content (AvgIpc) is 2.81. The predicted octanol–water partition coefficient (Wildman–Crippen LogP) is -0.476. The average molecular weight is 320 g/mol. The Bertz CT molecular complexity index is 565. The number of fused-ring (bicyclic) bond motifs is 1. The first-order valence-corrected chi connectivity index (χ1v) is 8.15. The van der Waals surface area contributed by atoms with Crippen LogP contribution in [0.15, 0.2) is 0 Å². The number of anilines is 2. The lowest BCUT2D eigenvalue weighted by Gasteiger charge is -2.17. The van der Waals surface area contributed by atoms with Crippen LogP contribution in [0.3, 0.4) is 0 Å². The van der Waals surface area contributed by atoms with Crippen LogP contribution in [0, 0.1) is 0 Å². The van der Waals surface area contributed by atoms with Crippen molar-refractivity contribution in [3.05, 3.63) is 11.3 Å². The van der Waals surface area contributed by atoms with Crippen LogP contribution in [0.1, 0.15) is 17.7 Å². The molecule has 1 atom stereocenters. The Labute approximate surface area is 135 Å². The van der Waals surface area contributed by atoms with Crippen LogP contribution < -0.4 is 21.3 Å². The third-order valence-corrected chi connectivity index (χ3v) is 4.13. The van der Waals surface area contributed by atoms with Gasteiger partial charge < -0.3 is 26.0 Å². The summed E-state index contributed by atoms with van der Waals surface area (Å²) in [5, 5.41) is 12.7. The number of nitrogens with one attached hydrogen (secondary N) is 4. The van der Waals surface area contributed by atoms with E-state index in [1.54, 1.807) is 7.11 Å². The van der Waals surface area contributed by atoms with E-state index >= 15 is 0 Å². The molecule has 2 aliphatic heterocycles. The summed E-state index contributed by atoms with van der Waals surface area (Å²) in [5.41, 5.74) is 2.16. The largest absolute Gasteiger partial charge is 0.383 e. The number of methoxy groups -OCH3 is 1. The molecule has 4 N–H and O–H groups in total. The molecule has 1 fully saturated rings. The molecule has 23 heavy (non-hydrogen) atoms. The minimum Gasteiger partial charge on any atom is -0.383 e. The molecule has 1 amide bonds. The van der Waals surface area contributed by atoms with E-state index in [-0.39, 0.29) is 11.9 Å². The van der Waals surface area contributed by atoms with Crippen molar-refractivity contribution in [2.75, 3.05) is 50.5 Å². The van der Waals surface area contributed by atoms with Crippen molar-refractivity contribution in [1.82, 2.24) is 20.6 Å². The van der Waals surface area contributed by atoms with E-state index in [1.807, 2.05) is 0 Å². The predicted molar refractivity (Wildman–Crippen MR) is 87.7 cm³/mol. The summed E-state index contributed by atoms with van der Waals surface area (Å²) < 4.78 is 5.05. The molecule has 0 radical (unpaired) electrons. The molecule has 3 rings (SSSR count). The molecule has 8 heteroatoms. The summed E-state index contributed by atoms with van der Waals surface area (Å²) in [6, 6.07) is -0.211. The Morgan fingerprint density at radius 3 is 2.91 bits per heavy atom. The fourth-order valence-electron chi connectivity index (χ4n) is 2.91. The van der Waals surface area contributed by atoms with E-state index in [2.05, 4.69) is 31.2 Å². The van der Waals surface area contributed by atoms with Gasteiger partial charge in [-0.2, -0.15) is 4.98 Å². The Hall–Kier alpha value is -1.93. The number of amides is 1. The summed E-state index contributed by atoms with van der Waals surface area (Å²) in [7, 11) is 1.66. The summed E-state index contributed by atoms with van der Waals surface area (Å²) in [5.74, 6) is 1.40. The van der Waals surface area contributed by atoms with Gasteiger partial charge >= 0.3 is 0 Å². The van der Waals surface area contributed by atoms with Crippen LogP contribution in [-0.4, -0.2) is 61.8 Å². The summed E-state index contributed by atoms with van der Waals surface area (Å²) in [6.45, 7) is 3.76. The Morgan fingerprint density at radius 1 is 1.26 bits per heavy atom.